The first-order valence-corrected chi connectivity index (χ1v) is 9.37. The number of hydrogen-bond donors (Lipinski definition) is 0. The fourth-order valence-electron chi connectivity index (χ4n) is 3.38. The van der Waals surface area contributed by atoms with Crippen LogP contribution in [0.5, 0.6) is 0 Å². The van der Waals surface area contributed by atoms with Crippen molar-refractivity contribution in [3.05, 3.63) is 53.3 Å². The molecule has 1 aliphatic rings. The molecular weight excluding hydrogens is 371 g/mol. The second-order valence-corrected chi connectivity index (χ2v) is 7.23. The maximum absolute atomic E-state index is 13.5. The van der Waals surface area contributed by atoms with Crippen LogP contribution in [-0.4, -0.2) is 39.8 Å². The molecule has 0 unspecified atom stereocenters. The summed E-state index contributed by atoms with van der Waals surface area (Å²) >= 11 is 0. The summed E-state index contributed by atoms with van der Waals surface area (Å²) in [6.45, 7) is 4.42. The van der Waals surface area contributed by atoms with Crippen LogP contribution < -0.4 is 0 Å². The molecule has 0 spiro atoms. The zero-order valence-corrected chi connectivity index (χ0v) is 15.9. The molecule has 0 aliphatic carbocycles. The van der Waals surface area contributed by atoms with Crippen LogP contribution in [-0.2, 0) is 17.5 Å². The average molecular weight is 395 g/mol. The van der Waals surface area contributed by atoms with Crippen molar-refractivity contribution < 1.29 is 22.7 Å². The van der Waals surface area contributed by atoms with Gasteiger partial charge < -0.3 is 9.64 Å². The summed E-state index contributed by atoms with van der Waals surface area (Å²) in [7, 11) is 0. The van der Waals surface area contributed by atoms with E-state index < -0.39 is 23.8 Å². The smallest absolute Gasteiger partial charge is 0.373 e. The second-order valence-electron chi connectivity index (χ2n) is 7.23. The van der Waals surface area contributed by atoms with Gasteiger partial charge in [-0.1, -0.05) is 30.3 Å². The molecule has 2 heterocycles. The molecule has 1 aromatic heterocycles. The zero-order chi connectivity index (χ0) is 20.3. The van der Waals surface area contributed by atoms with Crippen LogP contribution >= 0.6 is 0 Å². The lowest BCUT2D eigenvalue weighted by Gasteiger charge is -2.32. The van der Waals surface area contributed by atoms with Gasteiger partial charge in [0.25, 0.3) is 5.91 Å². The summed E-state index contributed by atoms with van der Waals surface area (Å²) in [5.41, 5.74) is -0.295. The Morgan fingerprint density at radius 2 is 1.86 bits per heavy atom. The van der Waals surface area contributed by atoms with Gasteiger partial charge in [-0.2, -0.15) is 18.3 Å². The molecule has 1 amide bonds. The number of rotatable bonds is 5. The van der Waals surface area contributed by atoms with Crippen LogP contribution in [0.15, 0.2) is 36.5 Å². The quantitative estimate of drug-likeness (QED) is 0.758. The van der Waals surface area contributed by atoms with Crippen molar-refractivity contribution in [2.45, 2.75) is 51.6 Å². The summed E-state index contributed by atoms with van der Waals surface area (Å²) in [4.78, 5) is 14.2. The van der Waals surface area contributed by atoms with Crippen LogP contribution in [0.1, 0.15) is 54.3 Å². The minimum absolute atomic E-state index is 0.00951. The lowest BCUT2D eigenvalue weighted by Crippen LogP contribution is -2.41. The molecule has 0 bridgehead atoms. The summed E-state index contributed by atoms with van der Waals surface area (Å²) in [5, 5.41) is 3.80. The monoisotopic (exact) mass is 395 g/mol. The Morgan fingerprint density at radius 1 is 1.21 bits per heavy atom. The van der Waals surface area contributed by atoms with Crippen LogP contribution in [0.3, 0.4) is 0 Å². The highest BCUT2D eigenvalue weighted by Gasteiger charge is 2.41. The van der Waals surface area contributed by atoms with Crippen molar-refractivity contribution in [1.29, 1.82) is 0 Å². The van der Waals surface area contributed by atoms with Crippen LogP contribution in [0.25, 0.3) is 0 Å². The van der Waals surface area contributed by atoms with E-state index in [1.54, 1.807) is 13.8 Å². The first-order chi connectivity index (χ1) is 13.3. The fraction of sp³-hybridized carbons (Fsp3) is 0.500. The Labute approximate surface area is 162 Å². The maximum atomic E-state index is 13.5. The maximum Gasteiger partial charge on any atom is 0.433 e. The van der Waals surface area contributed by atoms with Gasteiger partial charge in [-0.25, -0.2) is 0 Å². The Hall–Kier alpha value is -2.35. The molecule has 2 aromatic rings. The molecule has 152 valence electrons. The van der Waals surface area contributed by atoms with Gasteiger partial charge >= 0.3 is 6.18 Å². The summed E-state index contributed by atoms with van der Waals surface area (Å²) in [6.07, 6.45) is -2.42. The number of carbonyl (C=O) groups excluding carboxylic acids is 1. The molecular formula is C20H24F3N3O2. The normalized spacial score (nSPS) is 16.0. The number of halogens is 3. The summed E-state index contributed by atoms with van der Waals surface area (Å²) in [6, 6.07) is 9.28. The molecule has 1 fully saturated rings. The van der Waals surface area contributed by atoms with Crippen LogP contribution in [0.4, 0.5) is 13.2 Å². The zero-order valence-electron chi connectivity index (χ0n) is 15.9. The van der Waals surface area contributed by atoms with Crippen molar-refractivity contribution in [3.63, 3.8) is 0 Å². The molecule has 1 aliphatic heterocycles. The van der Waals surface area contributed by atoms with E-state index in [1.807, 2.05) is 30.3 Å². The average Bonchev–Trinajstić information content (AvgIpc) is 3.13. The van der Waals surface area contributed by atoms with Crippen LogP contribution in [0.2, 0.25) is 0 Å². The number of carbonyl (C=O) groups is 1. The van der Waals surface area contributed by atoms with Gasteiger partial charge in [0.15, 0.2) is 5.69 Å². The SMILES string of the molecule is CC(C)n1ncc(C(=O)N2CCC(OCc3ccccc3)CC2)c1C(F)(F)F. The summed E-state index contributed by atoms with van der Waals surface area (Å²) < 4.78 is 47.3. The molecule has 1 saturated heterocycles. The van der Waals surface area contributed by atoms with Gasteiger partial charge in [0.1, 0.15) is 0 Å². The first-order valence-electron chi connectivity index (χ1n) is 9.37. The van der Waals surface area contributed by atoms with Crippen molar-refractivity contribution >= 4 is 5.91 Å². The Bertz CT molecular complexity index is 795. The number of ether oxygens (including phenoxy) is 1. The highest BCUT2D eigenvalue weighted by atomic mass is 19.4. The molecule has 0 atom stereocenters. The van der Waals surface area contributed by atoms with Crippen molar-refractivity contribution in [3.8, 4) is 0 Å². The van der Waals surface area contributed by atoms with Gasteiger partial charge in [-0.15, -0.1) is 0 Å². The van der Waals surface area contributed by atoms with Crippen molar-refractivity contribution in [1.82, 2.24) is 14.7 Å². The highest BCUT2D eigenvalue weighted by molar-refractivity contribution is 5.95. The third-order valence-corrected chi connectivity index (χ3v) is 4.84. The number of amides is 1. The largest absolute Gasteiger partial charge is 0.433 e. The predicted octanol–water partition coefficient (Wildman–Crippen LogP) is 4.30. The number of nitrogens with zero attached hydrogens (tertiary/aromatic N) is 3. The van der Waals surface area contributed by atoms with E-state index >= 15 is 0 Å². The third-order valence-electron chi connectivity index (χ3n) is 4.84. The van der Waals surface area contributed by atoms with Gasteiger partial charge in [0, 0.05) is 19.1 Å². The molecule has 0 N–H and O–H groups in total. The number of hydrogen-bond acceptors (Lipinski definition) is 3. The Balaban J connectivity index is 1.63. The lowest BCUT2D eigenvalue weighted by atomic mass is 10.1. The second kappa shape index (κ2) is 8.34. The Kier molecular flexibility index (Phi) is 6.07. The molecule has 8 heteroatoms. The molecule has 3 rings (SSSR count). The van der Waals surface area contributed by atoms with E-state index in [0.717, 1.165) is 16.4 Å². The van der Waals surface area contributed by atoms with E-state index in [0.29, 0.717) is 32.5 Å². The number of benzene rings is 1. The van der Waals surface area contributed by atoms with Crippen LogP contribution in [0, 0.1) is 0 Å². The molecule has 5 nitrogen and oxygen atoms in total. The van der Waals surface area contributed by atoms with E-state index in [4.69, 9.17) is 4.74 Å². The summed E-state index contributed by atoms with van der Waals surface area (Å²) in [5.74, 6) is -0.624. The predicted molar refractivity (Wildman–Crippen MR) is 97.8 cm³/mol. The number of likely N-dealkylation sites (tertiary alicyclic amines) is 1. The number of alkyl halides is 3. The van der Waals surface area contributed by atoms with E-state index in [9.17, 15) is 18.0 Å². The highest BCUT2D eigenvalue weighted by Crippen LogP contribution is 2.34. The van der Waals surface area contributed by atoms with Crippen molar-refractivity contribution in [2.75, 3.05) is 13.1 Å². The van der Waals surface area contributed by atoms with E-state index in [-0.39, 0.29) is 11.7 Å². The molecule has 28 heavy (non-hydrogen) atoms. The van der Waals surface area contributed by atoms with Crippen molar-refractivity contribution in [2.24, 2.45) is 0 Å². The number of piperidine rings is 1. The van der Waals surface area contributed by atoms with E-state index in [1.165, 1.54) is 4.90 Å². The molecule has 0 saturated carbocycles. The number of aromatic nitrogens is 2. The standard InChI is InChI=1S/C20H24F3N3O2/c1-14(2)26-18(20(21,22)23)17(12-24-26)19(27)25-10-8-16(9-11-25)28-13-15-6-4-3-5-7-15/h3-7,12,14,16H,8-11,13H2,1-2H3. The van der Waals surface area contributed by atoms with Gasteiger partial charge in [0.05, 0.1) is 24.5 Å². The molecule has 1 aromatic carbocycles. The topological polar surface area (TPSA) is 47.4 Å². The first kappa shape index (κ1) is 20.4. The fourth-order valence-corrected chi connectivity index (χ4v) is 3.38. The minimum atomic E-state index is -4.64. The lowest BCUT2D eigenvalue weighted by molar-refractivity contribution is -0.145. The van der Waals surface area contributed by atoms with E-state index in [2.05, 4.69) is 5.10 Å². The van der Waals surface area contributed by atoms with Gasteiger partial charge in [0.2, 0.25) is 0 Å². The Morgan fingerprint density at radius 3 is 2.43 bits per heavy atom. The minimum Gasteiger partial charge on any atom is -0.373 e. The third kappa shape index (κ3) is 4.55. The molecule has 0 radical (unpaired) electrons. The van der Waals surface area contributed by atoms with Gasteiger partial charge in [-0.05, 0) is 32.3 Å². The van der Waals surface area contributed by atoms with Gasteiger partial charge in [-0.3, -0.25) is 9.48 Å².